The summed E-state index contributed by atoms with van der Waals surface area (Å²) in [6, 6.07) is 18.4. The fourth-order valence-corrected chi connectivity index (χ4v) is 6.09. The molecule has 5 aromatic rings. The van der Waals surface area contributed by atoms with Gasteiger partial charge in [-0.3, -0.25) is 14.2 Å². The Balaban J connectivity index is 1.31. The number of nitriles is 1. The van der Waals surface area contributed by atoms with Gasteiger partial charge in [-0.15, -0.1) is 0 Å². The van der Waals surface area contributed by atoms with Crippen LogP contribution in [0.15, 0.2) is 60.9 Å². The first-order valence-corrected chi connectivity index (χ1v) is 14.6. The zero-order valence-electron chi connectivity index (χ0n) is 23.6. The van der Waals surface area contributed by atoms with E-state index in [4.69, 9.17) is 9.97 Å². The molecule has 1 aliphatic heterocycles. The molecule has 5 heterocycles. The molecule has 1 aliphatic rings. The Morgan fingerprint density at radius 3 is 2.46 bits per heavy atom. The van der Waals surface area contributed by atoms with Gasteiger partial charge in [0.2, 0.25) is 5.91 Å². The summed E-state index contributed by atoms with van der Waals surface area (Å²) < 4.78 is 2.08. The SMILES string of the molecule is CCc1nc2ccc(-c3ccc(CC(=O)N4CC(C)C4)nc3)cn2c1N(C)c1nc(-c2ccc(C)cc2)c(C#N)s1. The molecule has 4 aromatic heterocycles. The van der Waals surface area contributed by atoms with Gasteiger partial charge in [-0.2, -0.15) is 5.26 Å². The Labute approximate surface area is 243 Å². The standard InChI is InChI=1S/C32H31N7OS/c1-5-26-31(37(4)32-36-30(27(15-33)41-32)22-8-6-20(2)7-9-22)39-19-24(11-13-28(39)35-26)23-10-12-25(34-16-23)14-29(40)38-17-21(3)18-38/h6-13,16,19,21H,5,14,17-18H2,1-4H3. The van der Waals surface area contributed by atoms with Crippen LogP contribution in [0.2, 0.25) is 0 Å². The molecule has 1 aromatic carbocycles. The molecule has 0 atom stereocenters. The first kappa shape index (κ1) is 26.7. The topological polar surface area (TPSA) is 90.4 Å². The molecule has 1 amide bonds. The second kappa shape index (κ2) is 10.8. The first-order chi connectivity index (χ1) is 19.8. The van der Waals surface area contributed by atoms with Crippen LogP contribution in [0, 0.1) is 24.2 Å². The number of aromatic nitrogens is 4. The average molecular weight is 562 g/mol. The summed E-state index contributed by atoms with van der Waals surface area (Å²) in [6.07, 6.45) is 4.97. The molecule has 206 valence electrons. The van der Waals surface area contributed by atoms with Gasteiger partial charge in [0.1, 0.15) is 28.1 Å². The molecule has 1 saturated heterocycles. The molecule has 0 N–H and O–H groups in total. The summed E-state index contributed by atoms with van der Waals surface area (Å²) in [7, 11) is 1.97. The predicted octanol–water partition coefficient (Wildman–Crippen LogP) is 6.05. The van der Waals surface area contributed by atoms with Gasteiger partial charge in [0.05, 0.1) is 12.1 Å². The van der Waals surface area contributed by atoms with E-state index in [0.717, 1.165) is 69.7 Å². The van der Waals surface area contributed by atoms with E-state index >= 15 is 0 Å². The molecule has 9 heteroatoms. The Kier molecular flexibility index (Phi) is 7.01. The van der Waals surface area contributed by atoms with Crippen molar-refractivity contribution in [3.8, 4) is 28.5 Å². The molecule has 0 spiro atoms. The van der Waals surface area contributed by atoms with Crippen LogP contribution in [0.25, 0.3) is 28.0 Å². The van der Waals surface area contributed by atoms with Crippen molar-refractivity contribution in [1.29, 1.82) is 5.26 Å². The third-order valence-corrected chi connectivity index (χ3v) is 8.59. The van der Waals surface area contributed by atoms with E-state index in [1.807, 2.05) is 78.5 Å². The van der Waals surface area contributed by atoms with Crippen LogP contribution in [0.4, 0.5) is 10.9 Å². The van der Waals surface area contributed by atoms with Gasteiger partial charge in [0.25, 0.3) is 0 Å². The molecular formula is C32H31N7OS. The highest BCUT2D eigenvalue weighted by molar-refractivity contribution is 7.16. The lowest BCUT2D eigenvalue weighted by Crippen LogP contribution is -2.49. The van der Waals surface area contributed by atoms with Crippen molar-refractivity contribution < 1.29 is 4.79 Å². The van der Waals surface area contributed by atoms with Crippen LogP contribution >= 0.6 is 11.3 Å². The lowest BCUT2D eigenvalue weighted by molar-refractivity contribution is -0.136. The molecule has 0 bridgehead atoms. The summed E-state index contributed by atoms with van der Waals surface area (Å²) >= 11 is 1.38. The van der Waals surface area contributed by atoms with Crippen molar-refractivity contribution in [1.82, 2.24) is 24.3 Å². The number of imidazole rings is 1. The number of aryl methyl sites for hydroxylation is 2. The van der Waals surface area contributed by atoms with Gasteiger partial charge in [0.15, 0.2) is 5.13 Å². The van der Waals surface area contributed by atoms with E-state index in [9.17, 15) is 10.1 Å². The van der Waals surface area contributed by atoms with E-state index < -0.39 is 0 Å². The number of hydrogen-bond donors (Lipinski definition) is 0. The molecule has 0 saturated carbocycles. The van der Waals surface area contributed by atoms with Crippen molar-refractivity contribution in [3.05, 3.63) is 82.8 Å². The van der Waals surface area contributed by atoms with E-state index in [2.05, 4.69) is 35.5 Å². The summed E-state index contributed by atoms with van der Waals surface area (Å²) in [6.45, 7) is 7.96. The third kappa shape index (κ3) is 5.07. The minimum absolute atomic E-state index is 0.134. The van der Waals surface area contributed by atoms with E-state index in [1.165, 1.54) is 11.3 Å². The predicted molar refractivity (Wildman–Crippen MR) is 162 cm³/mol. The molecule has 41 heavy (non-hydrogen) atoms. The van der Waals surface area contributed by atoms with Gasteiger partial charge >= 0.3 is 0 Å². The highest BCUT2D eigenvalue weighted by Crippen LogP contribution is 2.37. The number of likely N-dealkylation sites (tertiary alicyclic amines) is 1. The maximum absolute atomic E-state index is 12.5. The van der Waals surface area contributed by atoms with Gasteiger partial charge in [-0.1, -0.05) is 61.1 Å². The van der Waals surface area contributed by atoms with Crippen molar-refractivity contribution >= 4 is 33.8 Å². The molecule has 1 fully saturated rings. The lowest BCUT2D eigenvalue weighted by atomic mass is 10.0. The van der Waals surface area contributed by atoms with Crippen LogP contribution in [0.3, 0.4) is 0 Å². The largest absolute Gasteiger partial charge is 0.342 e. The van der Waals surface area contributed by atoms with Gasteiger partial charge < -0.3 is 9.80 Å². The maximum atomic E-state index is 12.5. The Hall–Kier alpha value is -4.55. The van der Waals surface area contributed by atoms with E-state index in [1.54, 1.807) is 0 Å². The summed E-state index contributed by atoms with van der Waals surface area (Å²) in [5.74, 6) is 1.64. The minimum atomic E-state index is 0.134. The van der Waals surface area contributed by atoms with Crippen LogP contribution in [0.1, 0.15) is 35.7 Å². The van der Waals surface area contributed by atoms with Crippen molar-refractivity contribution in [2.75, 3.05) is 25.0 Å². The van der Waals surface area contributed by atoms with Crippen molar-refractivity contribution in [3.63, 3.8) is 0 Å². The third-order valence-electron chi connectivity index (χ3n) is 7.55. The monoisotopic (exact) mass is 561 g/mol. The second-order valence-electron chi connectivity index (χ2n) is 10.7. The molecule has 0 unspecified atom stereocenters. The normalized spacial score (nSPS) is 13.3. The number of benzene rings is 1. The Morgan fingerprint density at radius 1 is 1.07 bits per heavy atom. The zero-order chi connectivity index (χ0) is 28.7. The smallest absolute Gasteiger partial charge is 0.228 e. The molecule has 6 rings (SSSR count). The number of thiazole rings is 1. The summed E-state index contributed by atoms with van der Waals surface area (Å²) in [4.78, 5) is 31.4. The van der Waals surface area contributed by atoms with E-state index in [0.29, 0.717) is 22.9 Å². The zero-order valence-corrected chi connectivity index (χ0v) is 24.4. The van der Waals surface area contributed by atoms with Crippen LogP contribution in [0.5, 0.6) is 0 Å². The van der Waals surface area contributed by atoms with E-state index in [-0.39, 0.29) is 5.91 Å². The first-order valence-electron chi connectivity index (χ1n) is 13.8. The van der Waals surface area contributed by atoms with Crippen LogP contribution in [-0.2, 0) is 17.6 Å². The number of carbonyl (C=O) groups excluding carboxylic acids is 1. The fourth-order valence-electron chi connectivity index (χ4n) is 5.24. The van der Waals surface area contributed by atoms with Crippen molar-refractivity contribution in [2.24, 2.45) is 5.92 Å². The number of rotatable bonds is 7. The van der Waals surface area contributed by atoms with Crippen molar-refractivity contribution in [2.45, 2.75) is 33.6 Å². The fraction of sp³-hybridized carbons (Fsp3) is 0.281. The Morgan fingerprint density at radius 2 is 1.80 bits per heavy atom. The van der Waals surface area contributed by atoms with Gasteiger partial charge in [-0.05, 0) is 37.5 Å². The highest BCUT2D eigenvalue weighted by Gasteiger charge is 2.27. The summed E-state index contributed by atoms with van der Waals surface area (Å²) in [5, 5.41) is 10.6. The quantitative estimate of drug-likeness (QED) is 0.240. The lowest BCUT2D eigenvalue weighted by Gasteiger charge is -2.37. The van der Waals surface area contributed by atoms with Crippen LogP contribution < -0.4 is 4.90 Å². The number of pyridine rings is 2. The highest BCUT2D eigenvalue weighted by atomic mass is 32.1. The van der Waals surface area contributed by atoms with Gasteiger partial charge in [-0.25, -0.2) is 9.97 Å². The molecule has 0 radical (unpaired) electrons. The van der Waals surface area contributed by atoms with Crippen LogP contribution in [-0.4, -0.2) is 50.3 Å². The van der Waals surface area contributed by atoms with Gasteiger partial charge in [0, 0.05) is 54.9 Å². The number of hydrogen-bond acceptors (Lipinski definition) is 7. The Bertz CT molecular complexity index is 1770. The molecule has 8 nitrogen and oxygen atoms in total. The average Bonchev–Trinajstić information content (AvgIpc) is 3.57. The number of carbonyl (C=O) groups is 1. The number of fused-ring (bicyclic) bond motifs is 1. The maximum Gasteiger partial charge on any atom is 0.228 e. The molecular weight excluding hydrogens is 530 g/mol. The summed E-state index contributed by atoms with van der Waals surface area (Å²) in [5.41, 5.74) is 7.29. The number of nitrogens with zero attached hydrogens (tertiary/aromatic N) is 7. The minimum Gasteiger partial charge on any atom is -0.342 e. The second-order valence-corrected chi connectivity index (χ2v) is 11.7. The number of anilines is 2. The molecule has 0 aliphatic carbocycles. The number of amides is 1.